The van der Waals surface area contributed by atoms with Crippen molar-refractivity contribution in [1.82, 2.24) is 5.43 Å². The average molecular weight is 196 g/mol. The second kappa shape index (κ2) is 4.94. The van der Waals surface area contributed by atoms with Gasteiger partial charge in [-0.2, -0.15) is 0 Å². The summed E-state index contributed by atoms with van der Waals surface area (Å²) in [5.41, 5.74) is 3.44. The van der Waals surface area contributed by atoms with Gasteiger partial charge in [-0.15, -0.1) is 6.58 Å². The minimum Gasteiger partial charge on any atom is -0.271 e. The van der Waals surface area contributed by atoms with Crippen molar-refractivity contribution in [3.63, 3.8) is 0 Å². The van der Waals surface area contributed by atoms with Gasteiger partial charge < -0.3 is 0 Å². The smallest absolute Gasteiger partial charge is 0.0246 e. The highest BCUT2D eigenvalue weighted by Crippen LogP contribution is 2.44. The first kappa shape index (κ1) is 11.7. The van der Waals surface area contributed by atoms with Crippen molar-refractivity contribution in [2.45, 2.75) is 52.0 Å². The summed E-state index contributed by atoms with van der Waals surface area (Å²) in [6.45, 7) is 8.49. The lowest BCUT2D eigenvalue weighted by Crippen LogP contribution is -2.44. The van der Waals surface area contributed by atoms with E-state index in [-0.39, 0.29) is 0 Å². The number of hydrazine groups is 1. The van der Waals surface area contributed by atoms with Crippen LogP contribution in [0.2, 0.25) is 0 Å². The lowest BCUT2D eigenvalue weighted by molar-refractivity contribution is 0.191. The predicted molar refractivity (Wildman–Crippen MR) is 61.7 cm³/mol. The zero-order valence-electron chi connectivity index (χ0n) is 9.55. The zero-order valence-corrected chi connectivity index (χ0v) is 9.55. The van der Waals surface area contributed by atoms with E-state index >= 15 is 0 Å². The van der Waals surface area contributed by atoms with Gasteiger partial charge in [-0.3, -0.25) is 11.3 Å². The van der Waals surface area contributed by atoms with Gasteiger partial charge in [-0.05, 0) is 37.0 Å². The molecule has 0 aliphatic heterocycles. The molecule has 0 aromatic carbocycles. The SMILES string of the molecule is C=CCCC(NN)C1CCCC1(C)C. The van der Waals surface area contributed by atoms with Crippen LogP contribution in [0, 0.1) is 11.3 Å². The van der Waals surface area contributed by atoms with Crippen LogP contribution in [0.15, 0.2) is 12.7 Å². The van der Waals surface area contributed by atoms with Gasteiger partial charge in [-0.1, -0.05) is 26.3 Å². The quantitative estimate of drug-likeness (QED) is 0.403. The van der Waals surface area contributed by atoms with Crippen LogP contribution in [-0.2, 0) is 0 Å². The Morgan fingerprint density at radius 1 is 1.64 bits per heavy atom. The molecule has 2 unspecified atom stereocenters. The molecule has 2 heteroatoms. The van der Waals surface area contributed by atoms with Gasteiger partial charge in [0.1, 0.15) is 0 Å². The molecule has 1 rings (SSSR count). The van der Waals surface area contributed by atoms with Crippen LogP contribution in [0.4, 0.5) is 0 Å². The largest absolute Gasteiger partial charge is 0.271 e. The third kappa shape index (κ3) is 2.58. The molecule has 0 bridgehead atoms. The first-order valence-corrected chi connectivity index (χ1v) is 5.69. The van der Waals surface area contributed by atoms with Gasteiger partial charge in [0.25, 0.3) is 0 Å². The van der Waals surface area contributed by atoms with Crippen LogP contribution < -0.4 is 11.3 Å². The Bertz CT molecular complexity index is 187. The number of nitrogens with one attached hydrogen (secondary N) is 1. The first-order valence-electron chi connectivity index (χ1n) is 5.69. The standard InChI is InChI=1S/C12H24N2/c1-4-5-8-11(14-13)10-7-6-9-12(10,2)3/h4,10-11,14H,1,5-9,13H2,2-3H3. The Hall–Kier alpha value is -0.340. The second-order valence-electron chi connectivity index (χ2n) is 5.13. The molecule has 2 nitrogen and oxygen atoms in total. The molecule has 14 heavy (non-hydrogen) atoms. The summed E-state index contributed by atoms with van der Waals surface area (Å²) in [4.78, 5) is 0. The van der Waals surface area contributed by atoms with Gasteiger partial charge in [0.05, 0.1) is 0 Å². The highest BCUT2D eigenvalue weighted by atomic mass is 15.2. The van der Waals surface area contributed by atoms with Crippen LogP contribution in [0.1, 0.15) is 46.0 Å². The highest BCUT2D eigenvalue weighted by Gasteiger charge is 2.38. The number of allylic oxidation sites excluding steroid dienone is 1. The molecule has 3 N–H and O–H groups in total. The number of rotatable bonds is 5. The summed E-state index contributed by atoms with van der Waals surface area (Å²) in [5, 5.41) is 0. The van der Waals surface area contributed by atoms with E-state index in [1.54, 1.807) is 0 Å². The van der Waals surface area contributed by atoms with E-state index in [9.17, 15) is 0 Å². The maximum absolute atomic E-state index is 5.63. The van der Waals surface area contributed by atoms with Crippen molar-refractivity contribution >= 4 is 0 Å². The molecule has 0 radical (unpaired) electrons. The van der Waals surface area contributed by atoms with E-state index in [0.717, 1.165) is 18.8 Å². The van der Waals surface area contributed by atoms with Gasteiger partial charge in [0.15, 0.2) is 0 Å². The number of hydrogen-bond donors (Lipinski definition) is 2. The van der Waals surface area contributed by atoms with Crippen molar-refractivity contribution in [2.24, 2.45) is 17.2 Å². The van der Waals surface area contributed by atoms with Crippen molar-refractivity contribution in [2.75, 3.05) is 0 Å². The van der Waals surface area contributed by atoms with Crippen LogP contribution >= 0.6 is 0 Å². The van der Waals surface area contributed by atoms with E-state index in [4.69, 9.17) is 5.84 Å². The van der Waals surface area contributed by atoms with E-state index in [0.29, 0.717) is 11.5 Å². The van der Waals surface area contributed by atoms with Crippen molar-refractivity contribution in [3.05, 3.63) is 12.7 Å². The van der Waals surface area contributed by atoms with E-state index < -0.39 is 0 Å². The van der Waals surface area contributed by atoms with Crippen molar-refractivity contribution < 1.29 is 0 Å². The molecule has 0 spiro atoms. The lowest BCUT2D eigenvalue weighted by atomic mass is 9.76. The third-order valence-electron chi connectivity index (χ3n) is 3.72. The van der Waals surface area contributed by atoms with E-state index in [2.05, 4.69) is 25.9 Å². The Morgan fingerprint density at radius 2 is 2.36 bits per heavy atom. The molecule has 1 aliphatic carbocycles. The third-order valence-corrected chi connectivity index (χ3v) is 3.72. The fraction of sp³-hybridized carbons (Fsp3) is 0.833. The zero-order chi connectivity index (χ0) is 10.6. The summed E-state index contributed by atoms with van der Waals surface area (Å²) in [6, 6.07) is 0.463. The summed E-state index contributed by atoms with van der Waals surface area (Å²) >= 11 is 0. The topological polar surface area (TPSA) is 38.0 Å². The van der Waals surface area contributed by atoms with Crippen LogP contribution in [0.25, 0.3) is 0 Å². The maximum Gasteiger partial charge on any atom is 0.0246 e. The lowest BCUT2D eigenvalue weighted by Gasteiger charge is -2.33. The molecule has 0 aromatic rings. The van der Waals surface area contributed by atoms with Crippen LogP contribution in [0.3, 0.4) is 0 Å². The van der Waals surface area contributed by atoms with Crippen molar-refractivity contribution in [1.29, 1.82) is 0 Å². The molecule has 1 fully saturated rings. The molecule has 0 saturated heterocycles. The molecule has 0 heterocycles. The maximum atomic E-state index is 5.63. The Kier molecular flexibility index (Phi) is 4.14. The van der Waals surface area contributed by atoms with Crippen LogP contribution in [0.5, 0.6) is 0 Å². The minimum atomic E-state index is 0.457. The van der Waals surface area contributed by atoms with E-state index in [1.165, 1.54) is 19.3 Å². The summed E-state index contributed by atoms with van der Waals surface area (Å²) in [7, 11) is 0. The van der Waals surface area contributed by atoms with Gasteiger partial charge in [0.2, 0.25) is 0 Å². The molecule has 0 aromatic heterocycles. The molecule has 2 atom stereocenters. The monoisotopic (exact) mass is 196 g/mol. The van der Waals surface area contributed by atoms with Gasteiger partial charge in [0, 0.05) is 6.04 Å². The predicted octanol–water partition coefficient (Wildman–Crippen LogP) is 2.61. The Labute approximate surface area is 87.9 Å². The number of nitrogens with two attached hydrogens (primary N) is 1. The molecule has 0 amide bonds. The minimum absolute atomic E-state index is 0.457. The average Bonchev–Trinajstić information content (AvgIpc) is 2.48. The fourth-order valence-corrected chi connectivity index (χ4v) is 2.80. The Morgan fingerprint density at radius 3 is 2.79 bits per heavy atom. The van der Waals surface area contributed by atoms with Crippen molar-refractivity contribution in [3.8, 4) is 0 Å². The van der Waals surface area contributed by atoms with Gasteiger partial charge in [-0.25, -0.2) is 0 Å². The number of hydrogen-bond acceptors (Lipinski definition) is 2. The van der Waals surface area contributed by atoms with Crippen LogP contribution in [-0.4, -0.2) is 6.04 Å². The molecular formula is C12H24N2. The molecule has 1 aliphatic rings. The summed E-state index contributed by atoms with van der Waals surface area (Å²) < 4.78 is 0. The molecule has 1 saturated carbocycles. The second-order valence-corrected chi connectivity index (χ2v) is 5.13. The highest BCUT2D eigenvalue weighted by molar-refractivity contribution is 4.92. The summed E-state index contributed by atoms with van der Waals surface area (Å²) in [6.07, 6.45) is 8.16. The van der Waals surface area contributed by atoms with Gasteiger partial charge >= 0.3 is 0 Å². The summed E-state index contributed by atoms with van der Waals surface area (Å²) in [5.74, 6) is 6.36. The normalized spacial score (nSPS) is 27.5. The molecular weight excluding hydrogens is 172 g/mol. The Balaban J connectivity index is 2.54. The van der Waals surface area contributed by atoms with E-state index in [1.807, 2.05) is 6.08 Å². The first-order chi connectivity index (χ1) is 6.61. The fourth-order valence-electron chi connectivity index (χ4n) is 2.80. The molecule has 82 valence electrons.